The van der Waals surface area contributed by atoms with Crippen molar-refractivity contribution in [1.82, 2.24) is 0 Å². The van der Waals surface area contributed by atoms with E-state index in [1.54, 1.807) is 30.3 Å². The second-order valence-corrected chi connectivity index (χ2v) is 10.5. The van der Waals surface area contributed by atoms with Crippen molar-refractivity contribution in [3.05, 3.63) is 96.6 Å². The van der Waals surface area contributed by atoms with E-state index in [1.165, 1.54) is 11.4 Å². The fraction of sp³-hybridized carbons (Fsp3) is 0.200. The Balaban J connectivity index is 1.82. The number of hydrogen-bond acceptors (Lipinski definition) is 6. The highest BCUT2D eigenvalue weighted by atomic mass is 32.2. The van der Waals surface area contributed by atoms with Crippen molar-refractivity contribution in [3.8, 4) is 5.75 Å². The van der Waals surface area contributed by atoms with Gasteiger partial charge < -0.3 is 24.4 Å². The number of carbonyl (C=O) groups is 2. The number of rotatable bonds is 12. The molecule has 39 heavy (non-hydrogen) atoms. The van der Waals surface area contributed by atoms with E-state index in [1.807, 2.05) is 72.5 Å². The van der Waals surface area contributed by atoms with Crippen molar-refractivity contribution < 1.29 is 29.1 Å². The molecule has 1 unspecified atom stereocenters. The van der Waals surface area contributed by atoms with Gasteiger partial charge in [-0.25, -0.2) is 0 Å². The fourth-order valence-electron chi connectivity index (χ4n) is 4.53. The summed E-state index contributed by atoms with van der Waals surface area (Å²) < 4.78 is 20.2. The normalized spacial score (nSPS) is 12.5. The van der Waals surface area contributed by atoms with Gasteiger partial charge in [-0.2, -0.15) is 4.31 Å². The monoisotopic (exact) mass is 546 g/mol. The van der Waals surface area contributed by atoms with E-state index < -0.39 is 29.8 Å². The van der Waals surface area contributed by atoms with E-state index in [2.05, 4.69) is 0 Å². The summed E-state index contributed by atoms with van der Waals surface area (Å²) >= 11 is -1.82. The molecule has 0 aliphatic rings. The van der Waals surface area contributed by atoms with Gasteiger partial charge in [0.25, 0.3) is 0 Å². The number of carboxylic acid groups (broad SMARTS) is 2. The zero-order valence-corrected chi connectivity index (χ0v) is 22.5. The van der Waals surface area contributed by atoms with Gasteiger partial charge >= 0.3 is 11.9 Å². The highest BCUT2D eigenvalue weighted by Gasteiger charge is 2.29. The first kappa shape index (κ1) is 27.8. The summed E-state index contributed by atoms with van der Waals surface area (Å²) in [4.78, 5) is 26.0. The van der Waals surface area contributed by atoms with E-state index in [0.29, 0.717) is 28.3 Å². The SMILES string of the molecule is COc1ccc([S+]([O-])N(CC(=O)O)c2ccc(N(Cc3ccccc3)[C@@H](C)CC(=O)O)c3ccccc23)cc1. The lowest BCUT2D eigenvalue weighted by molar-refractivity contribution is -0.137. The van der Waals surface area contributed by atoms with Gasteiger partial charge in [0, 0.05) is 29.0 Å². The highest BCUT2D eigenvalue weighted by molar-refractivity contribution is 7.92. The first-order valence-electron chi connectivity index (χ1n) is 12.4. The standard InChI is InChI=1S/C30H30N2O6S/c1-21(18-29(33)34)31(19-22-8-4-3-5-9-22)27-16-17-28(26-11-7-6-10-25(26)27)32(20-30(35)36)39(37)24-14-12-23(38-2)13-15-24/h3-17,21H,18-20H2,1-2H3,(H,33,34)(H,35,36)/t21-,39?/m0/s1. The molecular formula is C30H30N2O6S. The van der Waals surface area contributed by atoms with E-state index in [9.17, 15) is 24.4 Å². The average Bonchev–Trinajstić information content (AvgIpc) is 2.94. The molecule has 0 saturated heterocycles. The van der Waals surface area contributed by atoms with Crippen LogP contribution >= 0.6 is 0 Å². The van der Waals surface area contributed by atoms with Crippen LogP contribution in [0.2, 0.25) is 0 Å². The predicted molar refractivity (Wildman–Crippen MR) is 153 cm³/mol. The Kier molecular flexibility index (Phi) is 8.96. The summed E-state index contributed by atoms with van der Waals surface area (Å²) in [6, 6.07) is 27.2. The second-order valence-electron chi connectivity index (χ2n) is 9.06. The molecule has 0 aliphatic carbocycles. The Morgan fingerprint density at radius 3 is 2.03 bits per heavy atom. The number of nitrogens with zero attached hydrogens (tertiary/aromatic N) is 2. The lowest BCUT2D eigenvalue weighted by Crippen LogP contribution is -2.36. The van der Waals surface area contributed by atoms with Gasteiger partial charge in [0.15, 0.2) is 11.4 Å². The molecule has 202 valence electrons. The Hall–Kier alpha value is -4.21. The maximum Gasteiger partial charge on any atom is 0.327 e. The maximum atomic E-state index is 13.7. The maximum absolute atomic E-state index is 13.7. The molecule has 8 nitrogen and oxygen atoms in total. The molecule has 4 aromatic carbocycles. The zero-order valence-electron chi connectivity index (χ0n) is 21.7. The van der Waals surface area contributed by atoms with Gasteiger partial charge in [-0.1, -0.05) is 54.6 Å². The van der Waals surface area contributed by atoms with Crippen molar-refractivity contribution in [1.29, 1.82) is 0 Å². The molecule has 0 radical (unpaired) electrons. The topological polar surface area (TPSA) is 113 Å². The van der Waals surface area contributed by atoms with Gasteiger partial charge in [-0.05, 0) is 48.9 Å². The lowest BCUT2D eigenvalue weighted by Gasteiger charge is -2.33. The Labute approximate surface area is 230 Å². The summed E-state index contributed by atoms with van der Waals surface area (Å²) in [5.41, 5.74) is 2.32. The van der Waals surface area contributed by atoms with E-state index >= 15 is 0 Å². The Morgan fingerprint density at radius 1 is 0.846 bits per heavy atom. The number of benzene rings is 4. The summed E-state index contributed by atoms with van der Waals surface area (Å²) in [6.45, 7) is 1.87. The average molecular weight is 547 g/mol. The van der Waals surface area contributed by atoms with E-state index in [0.717, 1.165) is 16.6 Å². The van der Waals surface area contributed by atoms with Crippen LogP contribution in [0.1, 0.15) is 18.9 Å². The summed E-state index contributed by atoms with van der Waals surface area (Å²) in [6.07, 6.45) is -0.0600. The Morgan fingerprint density at radius 2 is 1.44 bits per heavy atom. The van der Waals surface area contributed by atoms with E-state index in [-0.39, 0.29) is 12.5 Å². The third-order valence-corrected chi connectivity index (χ3v) is 7.80. The minimum atomic E-state index is -1.82. The molecule has 2 N–H and O–H groups in total. The van der Waals surface area contributed by atoms with Crippen LogP contribution in [0.4, 0.5) is 11.4 Å². The summed E-state index contributed by atoms with van der Waals surface area (Å²) in [5.74, 6) is -1.42. The quantitative estimate of drug-likeness (QED) is 0.229. The molecule has 9 heteroatoms. The minimum absolute atomic E-state index is 0.0600. The molecule has 0 amide bonds. The van der Waals surface area contributed by atoms with Gasteiger partial charge in [0.05, 0.1) is 19.2 Å². The summed E-state index contributed by atoms with van der Waals surface area (Å²) in [7, 11) is 1.54. The molecule has 0 saturated carbocycles. The number of carboxylic acids is 2. The third-order valence-electron chi connectivity index (χ3n) is 6.39. The number of ether oxygens (including phenoxy) is 1. The largest absolute Gasteiger partial charge is 0.588 e. The van der Waals surface area contributed by atoms with Crippen LogP contribution in [0.5, 0.6) is 5.75 Å². The first-order valence-corrected chi connectivity index (χ1v) is 13.5. The zero-order chi connectivity index (χ0) is 27.9. The molecule has 0 aromatic heterocycles. The van der Waals surface area contributed by atoms with Crippen LogP contribution < -0.4 is 13.9 Å². The molecule has 0 aliphatic heterocycles. The number of aliphatic carboxylic acids is 2. The smallest absolute Gasteiger partial charge is 0.327 e. The Bertz CT molecular complexity index is 1430. The molecule has 0 spiro atoms. The molecule has 0 fully saturated rings. The third kappa shape index (κ3) is 6.63. The van der Waals surface area contributed by atoms with Gasteiger partial charge in [-0.3, -0.25) is 9.59 Å². The first-order chi connectivity index (χ1) is 18.8. The minimum Gasteiger partial charge on any atom is -0.588 e. The van der Waals surface area contributed by atoms with Crippen molar-refractivity contribution in [2.24, 2.45) is 0 Å². The van der Waals surface area contributed by atoms with Crippen molar-refractivity contribution >= 4 is 45.4 Å². The van der Waals surface area contributed by atoms with Gasteiger partial charge in [0.1, 0.15) is 17.1 Å². The molecule has 0 heterocycles. The fourth-order valence-corrected chi connectivity index (χ4v) is 5.72. The molecule has 4 aromatic rings. The number of hydrogen-bond donors (Lipinski definition) is 2. The predicted octanol–water partition coefficient (Wildman–Crippen LogP) is 5.33. The number of methoxy groups -OCH3 is 1. The van der Waals surface area contributed by atoms with Crippen LogP contribution in [0.3, 0.4) is 0 Å². The molecule has 0 bridgehead atoms. The van der Waals surface area contributed by atoms with Crippen LogP contribution in [0.25, 0.3) is 10.8 Å². The van der Waals surface area contributed by atoms with Gasteiger partial charge in [-0.15, -0.1) is 0 Å². The second kappa shape index (κ2) is 12.6. The van der Waals surface area contributed by atoms with Crippen molar-refractivity contribution in [2.75, 3.05) is 22.9 Å². The molecule has 2 atom stereocenters. The lowest BCUT2D eigenvalue weighted by atomic mass is 10.0. The van der Waals surface area contributed by atoms with Crippen molar-refractivity contribution in [2.45, 2.75) is 30.8 Å². The van der Waals surface area contributed by atoms with Crippen molar-refractivity contribution in [3.63, 3.8) is 0 Å². The van der Waals surface area contributed by atoms with Crippen LogP contribution in [-0.2, 0) is 27.5 Å². The van der Waals surface area contributed by atoms with Gasteiger partial charge in [0.2, 0.25) is 0 Å². The molecular weight excluding hydrogens is 516 g/mol. The number of fused-ring (bicyclic) bond motifs is 1. The summed E-state index contributed by atoms with van der Waals surface area (Å²) in [5, 5.41) is 20.7. The van der Waals surface area contributed by atoms with Crippen LogP contribution in [-0.4, -0.2) is 46.4 Å². The van der Waals surface area contributed by atoms with Crippen LogP contribution in [0, 0.1) is 0 Å². The molecule has 4 rings (SSSR count). The van der Waals surface area contributed by atoms with E-state index in [4.69, 9.17) is 4.74 Å². The van der Waals surface area contributed by atoms with Crippen LogP contribution in [0.15, 0.2) is 95.9 Å². The number of anilines is 2. The highest BCUT2D eigenvalue weighted by Crippen LogP contribution is 2.38.